The van der Waals surface area contributed by atoms with Crippen molar-refractivity contribution >= 4 is 16.8 Å². The minimum atomic E-state index is -4.63. The van der Waals surface area contributed by atoms with Crippen molar-refractivity contribution in [1.29, 1.82) is 0 Å². The van der Waals surface area contributed by atoms with Crippen molar-refractivity contribution < 1.29 is 36.6 Å². The molecule has 0 saturated carbocycles. The number of alkyl halides is 3. The Labute approximate surface area is 211 Å². The Hall–Kier alpha value is -3.22. The molecule has 3 aromatic rings. The number of fused-ring (bicyclic) bond motifs is 1. The number of hydrogen-bond acceptors (Lipinski definition) is 8. The number of carbonyl (C=O) groups excluding carboxylic acids is 1. The summed E-state index contributed by atoms with van der Waals surface area (Å²) in [6.07, 6.45) is -3.16. The van der Waals surface area contributed by atoms with Crippen LogP contribution in [0.4, 0.5) is 13.2 Å². The van der Waals surface area contributed by atoms with Crippen LogP contribution in [0.3, 0.4) is 0 Å². The van der Waals surface area contributed by atoms with Gasteiger partial charge in [0.1, 0.15) is 17.0 Å². The molecule has 1 aliphatic heterocycles. The van der Waals surface area contributed by atoms with E-state index in [1.165, 1.54) is 19.2 Å². The second-order valence-electron chi connectivity index (χ2n) is 8.93. The highest BCUT2D eigenvalue weighted by Crippen LogP contribution is 2.38. The summed E-state index contributed by atoms with van der Waals surface area (Å²) in [5, 5.41) is 0.319. The number of methoxy groups -OCH3 is 3. The first kappa shape index (κ1) is 26.8. The van der Waals surface area contributed by atoms with E-state index >= 15 is 0 Å². The summed E-state index contributed by atoms with van der Waals surface area (Å²) in [6, 6.07) is 4.20. The molecular formula is C25H29F3N4O5. The Morgan fingerprint density at radius 1 is 1.11 bits per heavy atom. The van der Waals surface area contributed by atoms with Gasteiger partial charge >= 0.3 is 6.18 Å². The molecule has 0 bridgehead atoms. The second kappa shape index (κ2) is 10.6. The fourth-order valence-corrected chi connectivity index (χ4v) is 4.74. The number of rotatable bonds is 8. The third kappa shape index (κ3) is 5.13. The SMILES string of the molecule is COC[C@@H]1CC[C@@H](COC)N1C(=O)c1nc(-c2ccc(OC)c3nc(C(F)(F)F)ccc23)oc1[C@H](C)N. The number of likely N-dealkylation sites (tertiary alicyclic amines) is 1. The van der Waals surface area contributed by atoms with Crippen molar-refractivity contribution in [3.05, 3.63) is 41.4 Å². The average Bonchev–Trinajstić information content (AvgIpc) is 3.47. The normalized spacial score (nSPS) is 19.0. The summed E-state index contributed by atoms with van der Waals surface area (Å²) in [6.45, 7) is 2.36. The Morgan fingerprint density at radius 3 is 2.30 bits per heavy atom. The quantitative estimate of drug-likeness (QED) is 0.468. The fourth-order valence-electron chi connectivity index (χ4n) is 4.74. The van der Waals surface area contributed by atoms with E-state index in [9.17, 15) is 18.0 Å². The molecule has 1 saturated heterocycles. The van der Waals surface area contributed by atoms with Gasteiger partial charge in [-0.2, -0.15) is 13.2 Å². The number of nitrogens with zero attached hydrogens (tertiary/aromatic N) is 3. The largest absolute Gasteiger partial charge is 0.494 e. The summed E-state index contributed by atoms with van der Waals surface area (Å²) < 4.78 is 61.8. The molecule has 2 N–H and O–H groups in total. The van der Waals surface area contributed by atoms with E-state index in [0.29, 0.717) is 24.2 Å². The maximum absolute atomic E-state index is 13.8. The summed E-state index contributed by atoms with van der Waals surface area (Å²) in [5.74, 6) is -0.0140. The number of aromatic nitrogens is 2. The highest BCUT2D eigenvalue weighted by atomic mass is 19.4. The third-order valence-electron chi connectivity index (χ3n) is 6.40. The van der Waals surface area contributed by atoms with Crippen molar-refractivity contribution in [3.8, 4) is 17.2 Å². The molecule has 200 valence electrons. The molecule has 2 aromatic heterocycles. The van der Waals surface area contributed by atoms with Gasteiger partial charge in [-0.15, -0.1) is 0 Å². The minimum Gasteiger partial charge on any atom is -0.494 e. The van der Waals surface area contributed by atoms with Gasteiger partial charge < -0.3 is 29.3 Å². The standard InChI is InChI=1S/C25H29F3N4O5/c1-13(29)22-21(24(33)32-14(11-34-2)5-6-15(32)12-35-3)31-23(37-22)17-7-9-18(36-4)20-16(17)8-10-19(30-20)25(26,27)28/h7-10,13-15H,5-6,11-12,29H2,1-4H3/t13-,14-,15-/m0/s1. The summed E-state index contributed by atoms with van der Waals surface area (Å²) in [7, 11) is 4.48. The predicted octanol–water partition coefficient (Wildman–Crippen LogP) is 4.20. The summed E-state index contributed by atoms with van der Waals surface area (Å²) >= 11 is 0. The van der Waals surface area contributed by atoms with E-state index in [0.717, 1.165) is 18.9 Å². The number of amides is 1. The van der Waals surface area contributed by atoms with Crippen molar-refractivity contribution in [3.63, 3.8) is 0 Å². The fraction of sp³-hybridized carbons (Fsp3) is 0.480. The van der Waals surface area contributed by atoms with Crippen LogP contribution in [0.25, 0.3) is 22.4 Å². The maximum atomic E-state index is 13.8. The maximum Gasteiger partial charge on any atom is 0.433 e. The van der Waals surface area contributed by atoms with Crippen molar-refractivity contribution in [2.45, 2.75) is 44.1 Å². The molecule has 12 heteroatoms. The van der Waals surface area contributed by atoms with Gasteiger partial charge in [-0.3, -0.25) is 4.79 Å². The smallest absolute Gasteiger partial charge is 0.433 e. The number of oxazole rings is 1. The first-order valence-corrected chi connectivity index (χ1v) is 11.7. The van der Waals surface area contributed by atoms with Gasteiger partial charge in [0.05, 0.1) is 38.4 Å². The van der Waals surface area contributed by atoms with Crippen LogP contribution in [0.1, 0.15) is 47.7 Å². The van der Waals surface area contributed by atoms with Crippen LogP contribution in [0.2, 0.25) is 0 Å². The van der Waals surface area contributed by atoms with Gasteiger partial charge in [-0.1, -0.05) is 0 Å². The minimum absolute atomic E-state index is 0.0110. The summed E-state index contributed by atoms with van der Waals surface area (Å²) in [4.78, 5) is 23.8. The Kier molecular flexibility index (Phi) is 7.72. The van der Waals surface area contributed by atoms with Gasteiger partial charge in [0.25, 0.3) is 5.91 Å². The molecular weight excluding hydrogens is 493 g/mol. The highest BCUT2D eigenvalue weighted by Gasteiger charge is 2.40. The molecule has 1 fully saturated rings. The van der Waals surface area contributed by atoms with Crippen LogP contribution in [0.15, 0.2) is 28.7 Å². The summed E-state index contributed by atoms with van der Waals surface area (Å²) in [5.41, 5.74) is 5.46. The molecule has 1 amide bonds. The predicted molar refractivity (Wildman–Crippen MR) is 128 cm³/mol. The van der Waals surface area contributed by atoms with E-state index in [4.69, 9.17) is 24.4 Å². The van der Waals surface area contributed by atoms with Gasteiger partial charge in [0.2, 0.25) is 5.89 Å². The first-order chi connectivity index (χ1) is 17.6. The molecule has 37 heavy (non-hydrogen) atoms. The molecule has 1 aromatic carbocycles. The zero-order valence-electron chi connectivity index (χ0n) is 21.0. The number of carbonyl (C=O) groups is 1. The molecule has 0 spiro atoms. The van der Waals surface area contributed by atoms with E-state index in [1.807, 2.05) is 0 Å². The average molecular weight is 523 g/mol. The molecule has 3 atom stereocenters. The highest BCUT2D eigenvalue weighted by molar-refractivity contribution is 5.98. The molecule has 0 radical (unpaired) electrons. The van der Waals surface area contributed by atoms with Crippen molar-refractivity contribution in [2.75, 3.05) is 34.5 Å². The van der Waals surface area contributed by atoms with Gasteiger partial charge in [-0.05, 0) is 44.0 Å². The molecule has 0 unspecified atom stereocenters. The molecule has 0 aliphatic carbocycles. The van der Waals surface area contributed by atoms with Crippen LogP contribution >= 0.6 is 0 Å². The lowest BCUT2D eigenvalue weighted by molar-refractivity contribution is -0.140. The second-order valence-corrected chi connectivity index (χ2v) is 8.93. The number of hydrogen-bond donors (Lipinski definition) is 1. The van der Waals surface area contributed by atoms with Crippen LogP contribution < -0.4 is 10.5 Å². The van der Waals surface area contributed by atoms with Crippen LogP contribution in [-0.4, -0.2) is 67.4 Å². The molecule has 4 rings (SSSR count). The van der Waals surface area contributed by atoms with E-state index in [-0.39, 0.29) is 46.6 Å². The Balaban J connectivity index is 1.83. The van der Waals surface area contributed by atoms with Crippen molar-refractivity contribution in [2.24, 2.45) is 5.73 Å². The van der Waals surface area contributed by atoms with Crippen LogP contribution in [-0.2, 0) is 15.7 Å². The number of halogens is 3. The lowest BCUT2D eigenvalue weighted by Crippen LogP contribution is -2.45. The van der Waals surface area contributed by atoms with E-state index in [2.05, 4.69) is 9.97 Å². The van der Waals surface area contributed by atoms with Crippen LogP contribution in [0, 0.1) is 0 Å². The van der Waals surface area contributed by atoms with Gasteiger partial charge in [0.15, 0.2) is 11.5 Å². The van der Waals surface area contributed by atoms with Crippen LogP contribution in [0.5, 0.6) is 5.75 Å². The van der Waals surface area contributed by atoms with Crippen molar-refractivity contribution in [1.82, 2.24) is 14.9 Å². The number of nitrogens with two attached hydrogens (primary N) is 1. The zero-order chi connectivity index (χ0) is 26.9. The lowest BCUT2D eigenvalue weighted by Gasteiger charge is -2.29. The third-order valence-corrected chi connectivity index (χ3v) is 6.40. The Morgan fingerprint density at radius 2 is 1.76 bits per heavy atom. The number of ether oxygens (including phenoxy) is 3. The Bertz CT molecular complexity index is 1260. The molecule has 1 aliphatic rings. The van der Waals surface area contributed by atoms with Gasteiger partial charge in [-0.25, -0.2) is 9.97 Å². The lowest BCUT2D eigenvalue weighted by atomic mass is 10.1. The van der Waals surface area contributed by atoms with Gasteiger partial charge in [0, 0.05) is 25.2 Å². The zero-order valence-corrected chi connectivity index (χ0v) is 21.0. The van der Waals surface area contributed by atoms with E-state index < -0.39 is 17.9 Å². The monoisotopic (exact) mass is 522 g/mol. The first-order valence-electron chi connectivity index (χ1n) is 11.7. The topological polar surface area (TPSA) is 113 Å². The number of benzene rings is 1. The van der Waals surface area contributed by atoms with E-state index in [1.54, 1.807) is 32.1 Å². The molecule has 9 nitrogen and oxygen atoms in total. The number of pyridine rings is 1. The molecule has 3 heterocycles.